The first-order chi connectivity index (χ1) is 7.68. The second-order valence-corrected chi connectivity index (χ2v) is 3.29. The fourth-order valence-corrected chi connectivity index (χ4v) is 0.995. The third-order valence-corrected chi connectivity index (χ3v) is 1.78. The van der Waals surface area contributed by atoms with Crippen LogP contribution in [0.3, 0.4) is 0 Å². The Kier molecular flexibility index (Phi) is 18.7. The van der Waals surface area contributed by atoms with Crippen molar-refractivity contribution in [2.24, 2.45) is 0 Å². The van der Waals surface area contributed by atoms with E-state index in [9.17, 15) is 4.79 Å². The molecule has 0 heterocycles. The average molecular weight is 234 g/mol. The lowest BCUT2D eigenvalue weighted by Crippen LogP contribution is -2.07. The van der Waals surface area contributed by atoms with Gasteiger partial charge in [-0.2, -0.15) is 0 Å². The minimum Gasteiger partial charge on any atom is -0.480 e. The standard InChI is InChI=1S/C8H16O3.C4H10O/c1-2-3-4-5-6-11-7-8(9)10;1-3-5-4-2/h2-7H2,1H3,(H,9,10);3-4H2,1-2H3. The number of hydrogen-bond donors (Lipinski definition) is 1. The highest BCUT2D eigenvalue weighted by Crippen LogP contribution is 1.98. The maximum Gasteiger partial charge on any atom is 0.329 e. The van der Waals surface area contributed by atoms with E-state index < -0.39 is 5.97 Å². The molecule has 0 aromatic carbocycles. The molecule has 0 saturated carbocycles. The van der Waals surface area contributed by atoms with E-state index in [1.165, 1.54) is 12.8 Å². The summed E-state index contributed by atoms with van der Waals surface area (Å²) in [6, 6.07) is 0. The van der Waals surface area contributed by atoms with Crippen molar-refractivity contribution in [3.8, 4) is 0 Å². The van der Waals surface area contributed by atoms with Crippen LogP contribution in [0.25, 0.3) is 0 Å². The van der Waals surface area contributed by atoms with Gasteiger partial charge in [-0.1, -0.05) is 26.2 Å². The van der Waals surface area contributed by atoms with Gasteiger partial charge in [-0.25, -0.2) is 4.79 Å². The summed E-state index contributed by atoms with van der Waals surface area (Å²) in [5.41, 5.74) is 0. The topological polar surface area (TPSA) is 55.8 Å². The van der Waals surface area contributed by atoms with Gasteiger partial charge in [0.2, 0.25) is 0 Å². The Morgan fingerprint density at radius 1 is 1.00 bits per heavy atom. The molecule has 0 amide bonds. The molecule has 1 N–H and O–H groups in total. The first-order valence-electron chi connectivity index (χ1n) is 6.06. The number of hydrogen-bond acceptors (Lipinski definition) is 3. The minimum atomic E-state index is -0.888. The Balaban J connectivity index is 0. The summed E-state index contributed by atoms with van der Waals surface area (Å²) in [7, 11) is 0. The van der Waals surface area contributed by atoms with Gasteiger partial charge in [-0.15, -0.1) is 0 Å². The van der Waals surface area contributed by atoms with Gasteiger partial charge in [0.05, 0.1) is 0 Å². The quantitative estimate of drug-likeness (QED) is 0.623. The molecule has 0 saturated heterocycles. The summed E-state index contributed by atoms with van der Waals surface area (Å²) in [6.07, 6.45) is 4.51. The third-order valence-electron chi connectivity index (χ3n) is 1.78. The molecule has 4 nitrogen and oxygen atoms in total. The van der Waals surface area contributed by atoms with E-state index in [1.807, 2.05) is 13.8 Å². The number of ether oxygens (including phenoxy) is 2. The lowest BCUT2D eigenvalue weighted by Gasteiger charge is -1.99. The van der Waals surface area contributed by atoms with Crippen LogP contribution >= 0.6 is 0 Å². The molecular weight excluding hydrogens is 208 g/mol. The summed E-state index contributed by atoms with van der Waals surface area (Å²) < 4.78 is 9.68. The van der Waals surface area contributed by atoms with Gasteiger partial charge in [0.25, 0.3) is 0 Å². The Labute approximate surface area is 98.9 Å². The fraction of sp³-hybridized carbons (Fsp3) is 0.917. The summed E-state index contributed by atoms with van der Waals surface area (Å²) in [5.74, 6) is -0.888. The molecule has 0 aliphatic carbocycles. The molecular formula is C12H26O4. The Morgan fingerprint density at radius 2 is 1.62 bits per heavy atom. The van der Waals surface area contributed by atoms with E-state index >= 15 is 0 Å². The number of aliphatic carboxylic acids is 1. The Morgan fingerprint density at radius 3 is 2.00 bits per heavy atom. The zero-order chi connectivity index (χ0) is 12.6. The highest BCUT2D eigenvalue weighted by molar-refractivity contribution is 5.67. The average Bonchev–Trinajstić information content (AvgIpc) is 2.25. The molecule has 0 unspecified atom stereocenters. The molecule has 0 bridgehead atoms. The zero-order valence-electron chi connectivity index (χ0n) is 10.8. The molecule has 4 heteroatoms. The number of carboxylic acids is 1. The van der Waals surface area contributed by atoms with Crippen LogP contribution in [-0.4, -0.2) is 37.5 Å². The van der Waals surface area contributed by atoms with Gasteiger partial charge in [0, 0.05) is 19.8 Å². The van der Waals surface area contributed by atoms with Gasteiger partial charge < -0.3 is 14.6 Å². The van der Waals surface area contributed by atoms with Crippen molar-refractivity contribution in [2.45, 2.75) is 46.5 Å². The second kappa shape index (κ2) is 16.8. The van der Waals surface area contributed by atoms with E-state index in [4.69, 9.17) is 14.6 Å². The van der Waals surface area contributed by atoms with Crippen molar-refractivity contribution in [1.29, 1.82) is 0 Å². The first-order valence-corrected chi connectivity index (χ1v) is 6.06. The molecule has 98 valence electrons. The molecule has 0 aliphatic heterocycles. The van der Waals surface area contributed by atoms with E-state index in [0.29, 0.717) is 6.61 Å². The number of unbranched alkanes of at least 4 members (excludes halogenated alkanes) is 3. The summed E-state index contributed by atoms with van der Waals surface area (Å²) in [4.78, 5) is 9.96. The van der Waals surface area contributed by atoms with Crippen molar-refractivity contribution in [2.75, 3.05) is 26.4 Å². The lowest BCUT2D eigenvalue weighted by molar-refractivity contribution is -0.142. The van der Waals surface area contributed by atoms with Gasteiger partial charge in [0.1, 0.15) is 6.61 Å². The highest BCUT2D eigenvalue weighted by atomic mass is 16.5. The number of carboxylic acid groups (broad SMARTS) is 1. The SMILES string of the molecule is CCCCCCOCC(=O)O.CCOCC. The lowest BCUT2D eigenvalue weighted by atomic mass is 10.2. The molecule has 0 fully saturated rings. The highest BCUT2D eigenvalue weighted by Gasteiger charge is 1.94. The van der Waals surface area contributed by atoms with Crippen LogP contribution in [0, 0.1) is 0 Å². The molecule has 0 rings (SSSR count). The van der Waals surface area contributed by atoms with E-state index in [-0.39, 0.29) is 6.61 Å². The maximum absolute atomic E-state index is 9.96. The smallest absolute Gasteiger partial charge is 0.329 e. The van der Waals surface area contributed by atoms with Crippen molar-refractivity contribution >= 4 is 5.97 Å². The van der Waals surface area contributed by atoms with Crippen LogP contribution in [0.1, 0.15) is 46.5 Å². The molecule has 0 atom stereocenters. The number of carbonyl (C=O) groups is 1. The van der Waals surface area contributed by atoms with E-state index in [2.05, 4.69) is 6.92 Å². The summed E-state index contributed by atoms with van der Waals surface area (Å²) in [6.45, 7) is 8.22. The van der Waals surface area contributed by atoms with Crippen molar-refractivity contribution in [1.82, 2.24) is 0 Å². The second-order valence-electron chi connectivity index (χ2n) is 3.29. The van der Waals surface area contributed by atoms with Gasteiger partial charge in [-0.05, 0) is 20.3 Å². The molecule has 0 aromatic rings. The summed E-state index contributed by atoms with van der Waals surface area (Å²) >= 11 is 0. The minimum absolute atomic E-state index is 0.161. The summed E-state index contributed by atoms with van der Waals surface area (Å²) in [5, 5.41) is 8.19. The Bertz CT molecular complexity index is 135. The molecule has 0 radical (unpaired) electrons. The van der Waals surface area contributed by atoms with Crippen LogP contribution in [0.5, 0.6) is 0 Å². The molecule has 0 spiro atoms. The van der Waals surface area contributed by atoms with Gasteiger partial charge in [0.15, 0.2) is 0 Å². The van der Waals surface area contributed by atoms with Crippen molar-refractivity contribution in [3.63, 3.8) is 0 Å². The van der Waals surface area contributed by atoms with Crippen molar-refractivity contribution in [3.05, 3.63) is 0 Å². The van der Waals surface area contributed by atoms with Crippen molar-refractivity contribution < 1.29 is 19.4 Å². The molecule has 0 aliphatic rings. The zero-order valence-corrected chi connectivity index (χ0v) is 10.8. The van der Waals surface area contributed by atoms with E-state index in [1.54, 1.807) is 0 Å². The molecule has 16 heavy (non-hydrogen) atoms. The predicted molar refractivity (Wildman–Crippen MR) is 64.8 cm³/mol. The van der Waals surface area contributed by atoms with Crippen LogP contribution < -0.4 is 0 Å². The molecule has 0 aromatic heterocycles. The van der Waals surface area contributed by atoms with Crippen LogP contribution in [0.4, 0.5) is 0 Å². The third kappa shape index (κ3) is 23.3. The number of rotatable bonds is 9. The van der Waals surface area contributed by atoms with Gasteiger partial charge in [-0.3, -0.25) is 0 Å². The van der Waals surface area contributed by atoms with E-state index in [0.717, 1.165) is 26.1 Å². The van der Waals surface area contributed by atoms with Gasteiger partial charge >= 0.3 is 5.97 Å². The van der Waals surface area contributed by atoms with Crippen LogP contribution in [0.15, 0.2) is 0 Å². The van der Waals surface area contributed by atoms with Crippen LogP contribution in [0.2, 0.25) is 0 Å². The van der Waals surface area contributed by atoms with Crippen LogP contribution in [-0.2, 0) is 14.3 Å². The predicted octanol–water partition coefficient (Wildman–Crippen LogP) is 2.71. The normalized spacial score (nSPS) is 9.44. The largest absolute Gasteiger partial charge is 0.480 e. The fourth-order valence-electron chi connectivity index (χ4n) is 0.995. The monoisotopic (exact) mass is 234 g/mol. The Hall–Kier alpha value is -0.610. The first kappa shape index (κ1) is 17.8. The maximum atomic E-state index is 9.96.